The van der Waals surface area contributed by atoms with Crippen LogP contribution in [-0.4, -0.2) is 17.8 Å². The topological polar surface area (TPSA) is 58.6 Å². The van der Waals surface area contributed by atoms with E-state index in [1.165, 1.54) is 5.56 Å². The van der Waals surface area contributed by atoms with Crippen molar-refractivity contribution < 1.29 is 14.6 Å². The summed E-state index contributed by atoms with van der Waals surface area (Å²) in [5.41, 5.74) is 2.18. The maximum atomic E-state index is 10.2. The molecule has 0 saturated heterocycles. The van der Waals surface area contributed by atoms with Crippen LogP contribution in [0.3, 0.4) is 0 Å². The molecule has 0 unspecified atom stereocenters. The Kier molecular flexibility index (Phi) is 1.81. The van der Waals surface area contributed by atoms with Gasteiger partial charge in [0.15, 0.2) is 0 Å². The fourth-order valence-electron chi connectivity index (χ4n) is 1.43. The Labute approximate surface area is 75.1 Å². The van der Waals surface area contributed by atoms with Crippen LogP contribution in [0, 0.1) is 0 Å². The molecular weight excluding hydrogens is 170 g/mol. The minimum Gasteiger partial charge on any atom is -0.449 e. The van der Waals surface area contributed by atoms with Gasteiger partial charge in [-0.2, -0.15) is 0 Å². The number of benzene rings is 1. The minimum atomic E-state index is -1.28. The lowest BCUT2D eigenvalue weighted by Gasteiger charge is -2.02. The number of hydrogen-bond acceptors (Lipinski definition) is 3. The molecule has 2 N–H and O–H groups in total. The second-order valence-electron chi connectivity index (χ2n) is 2.86. The van der Waals surface area contributed by atoms with Crippen molar-refractivity contribution in [2.75, 3.05) is 11.9 Å². The molecule has 1 aliphatic heterocycles. The lowest BCUT2D eigenvalue weighted by atomic mass is 10.2. The number of carbonyl (C=O) groups is 1. The standard InChI is InChI=1S/C9H9NO3/c11-9(12)13-7-2-1-6-3-4-10-8(6)5-7/h1-2,5,10H,3-4H2,(H,11,12). The molecule has 0 saturated carbocycles. The summed E-state index contributed by atoms with van der Waals surface area (Å²) < 4.78 is 4.52. The van der Waals surface area contributed by atoms with Gasteiger partial charge in [-0.3, -0.25) is 0 Å². The average Bonchev–Trinajstić information content (AvgIpc) is 2.49. The smallest absolute Gasteiger partial charge is 0.449 e. The van der Waals surface area contributed by atoms with Gasteiger partial charge in [-0.15, -0.1) is 0 Å². The van der Waals surface area contributed by atoms with Gasteiger partial charge in [0, 0.05) is 18.3 Å². The van der Waals surface area contributed by atoms with E-state index in [0.717, 1.165) is 18.7 Å². The Morgan fingerprint density at radius 3 is 3.15 bits per heavy atom. The Morgan fingerprint density at radius 2 is 2.38 bits per heavy atom. The molecule has 68 valence electrons. The first-order valence-corrected chi connectivity index (χ1v) is 4.03. The number of rotatable bonds is 1. The van der Waals surface area contributed by atoms with Crippen molar-refractivity contribution in [2.24, 2.45) is 0 Å². The van der Waals surface area contributed by atoms with Gasteiger partial charge >= 0.3 is 6.16 Å². The number of fused-ring (bicyclic) bond motifs is 1. The number of hydrogen-bond donors (Lipinski definition) is 2. The van der Waals surface area contributed by atoms with Crippen molar-refractivity contribution in [1.82, 2.24) is 0 Å². The Balaban J connectivity index is 2.25. The molecule has 0 bridgehead atoms. The second kappa shape index (κ2) is 2.97. The van der Waals surface area contributed by atoms with Crippen LogP contribution < -0.4 is 10.1 Å². The summed E-state index contributed by atoms with van der Waals surface area (Å²) in [6.45, 7) is 0.909. The van der Waals surface area contributed by atoms with E-state index in [1.54, 1.807) is 12.1 Å². The molecule has 1 aliphatic rings. The monoisotopic (exact) mass is 179 g/mol. The van der Waals surface area contributed by atoms with Crippen LogP contribution in [0.15, 0.2) is 18.2 Å². The normalized spacial score (nSPS) is 13.2. The predicted octanol–water partition coefficient (Wildman–Crippen LogP) is 1.71. The highest BCUT2D eigenvalue weighted by molar-refractivity contribution is 5.64. The molecular formula is C9H9NO3. The molecule has 4 nitrogen and oxygen atoms in total. The van der Waals surface area contributed by atoms with Gasteiger partial charge in [-0.25, -0.2) is 4.79 Å². The van der Waals surface area contributed by atoms with Crippen LogP contribution in [-0.2, 0) is 6.42 Å². The number of carboxylic acid groups (broad SMARTS) is 1. The van der Waals surface area contributed by atoms with Crippen molar-refractivity contribution in [2.45, 2.75) is 6.42 Å². The molecule has 13 heavy (non-hydrogen) atoms. The van der Waals surface area contributed by atoms with Crippen LogP contribution in [0.1, 0.15) is 5.56 Å². The molecule has 0 amide bonds. The SMILES string of the molecule is O=C(O)Oc1ccc2c(c1)NCC2. The van der Waals surface area contributed by atoms with Gasteiger partial charge in [0.2, 0.25) is 0 Å². The van der Waals surface area contributed by atoms with E-state index in [2.05, 4.69) is 10.1 Å². The van der Waals surface area contributed by atoms with E-state index < -0.39 is 6.16 Å². The van der Waals surface area contributed by atoms with Gasteiger partial charge in [-0.1, -0.05) is 6.07 Å². The molecule has 2 rings (SSSR count). The summed E-state index contributed by atoms with van der Waals surface area (Å²) >= 11 is 0. The fraction of sp³-hybridized carbons (Fsp3) is 0.222. The van der Waals surface area contributed by atoms with Crippen molar-refractivity contribution in [3.8, 4) is 5.75 Å². The third-order valence-corrected chi connectivity index (χ3v) is 2.00. The summed E-state index contributed by atoms with van der Waals surface area (Å²) in [5.74, 6) is 0.362. The maximum absolute atomic E-state index is 10.2. The van der Waals surface area contributed by atoms with Gasteiger partial charge in [0.05, 0.1) is 0 Å². The highest BCUT2D eigenvalue weighted by Gasteiger charge is 2.11. The third kappa shape index (κ3) is 1.56. The second-order valence-corrected chi connectivity index (χ2v) is 2.86. The largest absolute Gasteiger partial charge is 0.511 e. The summed E-state index contributed by atoms with van der Waals surface area (Å²) in [6.07, 6.45) is -0.291. The average molecular weight is 179 g/mol. The zero-order chi connectivity index (χ0) is 9.26. The Bertz CT molecular complexity index is 349. The Hall–Kier alpha value is -1.71. The quantitative estimate of drug-likeness (QED) is 0.509. The van der Waals surface area contributed by atoms with E-state index in [4.69, 9.17) is 5.11 Å². The summed E-state index contributed by atoms with van der Waals surface area (Å²) in [5, 5.41) is 11.5. The molecule has 4 heteroatoms. The highest BCUT2D eigenvalue weighted by Crippen LogP contribution is 2.26. The molecule has 0 radical (unpaired) electrons. The van der Waals surface area contributed by atoms with Crippen molar-refractivity contribution >= 4 is 11.8 Å². The van der Waals surface area contributed by atoms with Crippen LogP contribution >= 0.6 is 0 Å². The van der Waals surface area contributed by atoms with Gasteiger partial charge in [0.1, 0.15) is 5.75 Å². The predicted molar refractivity (Wildman–Crippen MR) is 47.3 cm³/mol. The number of nitrogens with one attached hydrogen (secondary N) is 1. The van der Waals surface area contributed by atoms with Crippen LogP contribution in [0.2, 0.25) is 0 Å². The van der Waals surface area contributed by atoms with E-state index in [-0.39, 0.29) is 0 Å². The van der Waals surface area contributed by atoms with E-state index in [0.29, 0.717) is 5.75 Å². The number of anilines is 1. The number of ether oxygens (including phenoxy) is 1. The van der Waals surface area contributed by atoms with E-state index in [1.807, 2.05) is 6.07 Å². The molecule has 1 aromatic carbocycles. The van der Waals surface area contributed by atoms with Crippen molar-refractivity contribution in [3.63, 3.8) is 0 Å². The van der Waals surface area contributed by atoms with Crippen LogP contribution in [0.25, 0.3) is 0 Å². The van der Waals surface area contributed by atoms with Crippen LogP contribution in [0.5, 0.6) is 5.75 Å². The molecule has 0 fully saturated rings. The first-order valence-electron chi connectivity index (χ1n) is 4.03. The zero-order valence-electron chi connectivity index (χ0n) is 6.91. The highest BCUT2D eigenvalue weighted by atomic mass is 16.7. The minimum absolute atomic E-state index is 0.362. The molecule has 0 aliphatic carbocycles. The first-order chi connectivity index (χ1) is 6.25. The third-order valence-electron chi connectivity index (χ3n) is 2.00. The molecule has 0 atom stereocenters. The Morgan fingerprint density at radius 1 is 1.54 bits per heavy atom. The van der Waals surface area contributed by atoms with Gasteiger partial charge in [-0.05, 0) is 18.1 Å². The van der Waals surface area contributed by atoms with Crippen LogP contribution in [0.4, 0.5) is 10.5 Å². The lowest BCUT2D eigenvalue weighted by molar-refractivity contribution is 0.144. The summed E-state index contributed by atoms with van der Waals surface area (Å²) in [7, 11) is 0. The summed E-state index contributed by atoms with van der Waals surface area (Å²) in [4.78, 5) is 10.2. The molecule has 1 aromatic rings. The molecule has 1 heterocycles. The maximum Gasteiger partial charge on any atom is 0.511 e. The van der Waals surface area contributed by atoms with Gasteiger partial charge < -0.3 is 15.2 Å². The molecule has 0 spiro atoms. The van der Waals surface area contributed by atoms with Gasteiger partial charge in [0.25, 0.3) is 0 Å². The fourth-order valence-corrected chi connectivity index (χ4v) is 1.43. The summed E-state index contributed by atoms with van der Waals surface area (Å²) in [6, 6.07) is 5.25. The zero-order valence-corrected chi connectivity index (χ0v) is 6.91. The van der Waals surface area contributed by atoms with E-state index >= 15 is 0 Å². The first kappa shape index (κ1) is 7.91. The lowest BCUT2D eigenvalue weighted by Crippen LogP contribution is -2.03. The molecule has 0 aromatic heterocycles. The van der Waals surface area contributed by atoms with Crippen molar-refractivity contribution in [3.05, 3.63) is 23.8 Å². The van der Waals surface area contributed by atoms with E-state index in [9.17, 15) is 4.79 Å². The van der Waals surface area contributed by atoms with Crippen molar-refractivity contribution in [1.29, 1.82) is 0 Å².